The fourth-order valence-electron chi connectivity index (χ4n) is 6.83. The summed E-state index contributed by atoms with van der Waals surface area (Å²) in [6, 6.07) is 54.9. The van der Waals surface area contributed by atoms with E-state index < -0.39 is 0 Å². The van der Waals surface area contributed by atoms with Gasteiger partial charge in [0.1, 0.15) is 0 Å². The van der Waals surface area contributed by atoms with Gasteiger partial charge in [-0.3, -0.25) is 0 Å². The Morgan fingerprint density at radius 1 is 0.521 bits per heavy atom. The van der Waals surface area contributed by atoms with E-state index in [1.807, 2.05) is 54.7 Å². The Bertz CT molecular complexity index is 2140. The van der Waals surface area contributed by atoms with E-state index in [0.717, 1.165) is 28.1 Å². The summed E-state index contributed by atoms with van der Waals surface area (Å²) in [4.78, 5) is 13.6. The normalized spacial score (nSPS) is 12.1. The van der Waals surface area contributed by atoms with E-state index in [2.05, 4.69) is 132 Å². The van der Waals surface area contributed by atoms with Crippen LogP contribution in [-0.4, -0.2) is 30.8 Å². The topological polar surface area (TPSA) is 32.3 Å². The van der Waals surface area contributed by atoms with Crippen LogP contribution in [0.25, 0.3) is 33.6 Å². The number of para-hydroxylation sites is 1. The fourth-order valence-corrected chi connectivity index (χ4v) is 6.83. The molecule has 7 aromatic rings. The molecule has 6 heteroatoms. The Labute approximate surface area is 296 Å². The van der Waals surface area contributed by atoms with Gasteiger partial charge in [0.25, 0.3) is 0 Å². The summed E-state index contributed by atoms with van der Waals surface area (Å²) in [7, 11) is 4.33. The van der Waals surface area contributed by atoms with Crippen LogP contribution in [0.5, 0.6) is 0 Å². The minimum absolute atomic E-state index is 0. The molecule has 233 valence electrons. The Morgan fingerprint density at radius 3 is 2.00 bits per heavy atom. The quantitative estimate of drug-likeness (QED) is 0.138. The van der Waals surface area contributed by atoms with E-state index in [9.17, 15) is 0 Å². The third-order valence-corrected chi connectivity index (χ3v) is 9.11. The standard InChI is InChI=1S/C31H23BN3.C11H8N.Ir/c1-34-27-12-7-6-11-24(27)32-25-19-23(26-20-22(17-18-33-26)21-9-4-3-5-10-21)15-16-28(25)35(2)30-14-8-13-29(34)31(30)32;1-2-6-10(7-3-1)11-8-4-5-9-12-11;/h3-14,16-20H,1-2H3;1-6,8-9H;/q2*-1;. The average molecular weight is 795 g/mol. The first kappa shape index (κ1) is 31.3. The summed E-state index contributed by atoms with van der Waals surface area (Å²) in [6.07, 6.45) is 3.69. The number of fused-ring (bicyclic) bond motifs is 4. The van der Waals surface area contributed by atoms with Crippen molar-refractivity contribution in [1.29, 1.82) is 0 Å². The maximum Gasteiger partial charge on any atom is 0.233 e. The van der Waals surface area contributed by atoms with E-state index in [1.54, 1.807) is 6.20 Å². The molecule has 0 saturated carbocycles. The van der Waals surface area contributed by atoms with Gasteiger partial charge < -0.3 is 19.8 Å². The zero-order chi connectivity index (χ0) is 31.7. The zero-order valence-corrected chi connectivity index (χ0v) is 29.0. The molecule has 9 rings (SSSR count). The molecule has 5 aromatic carbocycles. The molecular formula is C42H31BIrN4-2. The van der Waals surface area contributed by atoms with Crippen LogP contribution in [0.4, 0.5) is 22.7 Å². The number of hydrogen-bond acceptors (Lipinski definition) is 4. The van der Waals surface area contributed by atoms with Gasteiger partial charge in [-0.05, 0) is 69.5 Å². The molecule has 0 N–H and O–H groups in total. The largest absolute Gasteiger partial charge is 0.385 e. The van der Waals surface area contributed by atoms with Gasteiger partial charge in [0.05, 0.1) is 0 Å². The number of anilines is 4. The van der Waals surface area contributed by atoms with Crippen LogP contribution in [-0.2, 0) is 20.1 Å². The van der Waals surface area contributed by atoms with E-state index in [4.69, 9.17) is 4.98 Å². The first-order chi connectivity index (χ1) is 23.2. The van der Waals surface area contributed by atoms with Crippen molar-refractivity contribution in [2.45, 2.75) is 0 Å². The van der Waals surface area contributed by atoms with Gasteiger partial charge in [-0.15, -0.1) is 65.1 Å². The van der Waals surface area contributed by atoms with E-state index in [-0.39, 0.29) is 26.8 Å². The van der Waals surface area contributed by atoms with Crippen molar-refractivity contribution in [2.24, 2.45) is 0 Å². The second-order valence-corrected chi connectivity index (χ2v) is 11.8. The van der Waals surface area contributed by atoms with Crippen molar-refractivity contribution in [3.63, 3.8) is 0 Å². The minimum atomic E-state index is 0. The van der Waals surface area contributed by atoms with Crippen LogP contribution in [0.1, 0.15) is 0 Å². The van der Waals surface area contributed by atoms with Crippen molar-refractivity contribution in [3.8, 4) is 33.6 Å². The SMILES string of the molecule is CN1c2c[c-]c(-c3cc(-c4ccccc4)ccn3)cc2B2c3ccccc3N(C)c3cccc1c32.[Ir].[c-]1ccccc1-c1ccccn1. The molecule has 0 atom stereocenters. The van der Waals surface area contributed by atoms with Gasteiger partial charge in [-0.1, -0.05) is 72.8 Å². The predicted octanol–water partition coefficient (Wildman–Crippen LogP) is 7.44. The minimum Gasteiger partial charge on any atom is -0.385 e. The van der Waals surface area contributed by atoms with E-state index in [0.29, 0.717) is 0 Å². The first-order valence-corrected chi connectivity index (χ1v) is 15.8. The first-order valence-electron chi connectivity index (χ1n) is 15.8. The Morgan fingerprint density at radius 2 is 1.23 bits per heavy atom. The number of aromatic nitrogens is 2. The molecule has 4 nitrogen and oxygen atoms in total. The molecule has 0 bridgehead atoms. The molecule has 2 aromatic heterocycles. The van der Waals surface area contributed by atoms with Crippen LogP contribution in [0.15, 0.2) is 152 Å². The van der Waals surface area contributed by atoms with Crippen LogP contribution < -0.4 is 26.2 Å². The Balaban J connectivity index is 0.000000237. The summed E-state index contributed by atoms with van der Waals surface area (Å²) < 4.78 is 0. The van der Waals surface area contributed by atoms with Gasteiger partial charge in [0.2, 0.25) is 6.71 Å². The van der Waals surface area contributed by atoms with Crippen LogP contribution >= 0.6 is 0 Å². The van der Waals surface area contributed by atoms with Crippen LogP contribution in [0, 0.1) is 12.1 Å². The van der Waals surface area contributed by atoms with E-state index in [1.165, 1.54) is 44.7 Å². The molecular weight excluding hydrogens is 764 g/mol. The second-order valence-electron chi connectivity index (χ2n) is 11.8. The molecule has 48 heavy (non-hydrogen) atoms. The molecule has 4 heterocycles. The molecule has 2 aliphatic rings. The van der Waals surface area contributed by atoms with Crippen molar-refractivity contribution < 1.29 is 20.1 Å². The monoisotopic (exact) mass is 795 g/mol. The summed E-state index contributed by atoms with van der Waals surface area (Å²) in [5.74, 6) is 0. The molecule has 0 amide bonds. The van der Waals surface area contributed by atoms with Crippen molar-refractivity contribution in [3.05, 3.63) is 164 Å². The summed E-state index contributed by atoms with van der Waals surface area (Å²) in [6.45, 7) is 0.172. The van der Waals surface area contributed by atoms with Gasteiger partial charge in [0.15, 0.2) is 0 Å². The smallest absolute Gasteiger partial charge is 0.233 e. The van der Waals surface area contributed by atoms with Gasteiger partial charge in [-0.25, -0.2) is 0 Å². The number of rotatable bonds is 3. The summed E-state index contributed by atoms with van der Waals surface area (Å²) in [5, 5.41) is 0. The van der Waals surface area contributed by atoms with Gasteiger partial charge in [0, 0.05) is 63.7 Å². The molecule has 1 radical (unpaired) electrons. The number of nitrogens with zero attached hydrogens (tertiary/aromatic N) is 4. The summed E-state index contributed by atoms with van der Waals surface area (Å²) >= 11 is 0. The average Bonchev–Trinajstić information content (AvgIpc) is 3.16. The number of hydrogen-bond donors (Lipinski definition) is 0. The molecule has 0 fully saturated rings. The van der Waals surface area contributed by atoms with Crippen LogP contribution in [0.2, 0.25) is 0 Å². The third-order valence-electron chi connectivity index (χ3n) is 9.11. The third kappa shape index (κ3) is 5.64. The maximum atomic E-state index is 4.73. The zero-order valence-electron chi connectivity index (χ0n) is 26.6. The van der Waals surface area contributed by atoms with Gasteiger partial charge in [-0.2, -0.15) is 0 Å². The van der Waals surface area contributed by atoms with Gasteiger partial charge >= 0.3 is 0 Å². The predicted molar refractivity (Wildman–Crippen MR) is 196 cm³/mol. The fraction of sp³-hybridized carbons (Fsp3) is 0.0476. The summed E-state index contributed by atoms with van der Waals surface area (Å²) in [5.41, 5.74) is 15.3. The molecule has 0 unspecified atom stereocenters. The van der Waals surface area contributed by atoms with E-state index >= 15 is 0 Å². The number of pyridine rings is 2. The second kappa shape index (κ2) is 13.4. The van der Waals surface area contributed by atoms with Crippen LogP contribution in [0.3, 0.4) is 0 Å². The number of benzene rings is 5. The molecule has 0 aliphatic carbocycles. The molecule has 0 saturated heterocycles. The molecule has 0 spiro atoms. The Kier molecular flexibility index (Phi) is 8.77. The van der Waals surface area contributed by atoms with Crippen molar-refractivity contribution >= 4 is 45.9 Å². The molecule has 2 aliphatic heterocycles. The van der Waals surface area contributed by atoms with Crippen molar-refractivity contribution in [1.82, 2.24) is 9.97 Å². The Hall–Kier alpha value is -5.29. The maximum absolute atomic E-state index is 4.73. The van der Waals surface area contributed by atoms with Crippen molar-refractivity contribution in [2.75, 3.05) is 23.9 Å².